The SMILES string of the molecule is CCn1cc(/C=C2/C[C@H]3[C@@H]4CC=C5C[C@H](O)CC[C@]5(C)[C@H]4CC[C@]3(C)C2=O)cn1. The van der Waals surface area contributed by atoms with E-state index in [9.17, 15) is 9.90 Å². The van der Waals surface area contributed by atoms with Crippen LogP contribution in [0.1, 0.15) is 71.3 Å². The number of ketones is 1. The quantitative estimate of drug-likeness (QED) is 0.580. The molecule has 4 heteroatoms. The van der Waals surface area contributed by atoms with Gasteiger partial charge in [0.2, 0.25) is 0 Å². The van der Waals surface area contributed by atoms with E-state index < -0.39 is 0 Å². The lowest BCUT2D eigenvalue weighted by Crippen LogP contribution is -2.50. The van der Waals surface area contributed by atoms with E-state index in [2.05, 4.69) is 38.0 Å². The van der Waals surface area contributed by atoms with Gasteiger partial charge in [-0.25, -0.2) is 0 Å². The Morgan fingerprint density at radius 2 is 2.00 bits per heavy atom. The van der Waals surface area contributed by atoms with Crippen LogP contribution in [0.5, 0.6) is 0 Å². The van der Waals surface area contributed by atoms with Crippen molar-refractivity contribution in [3.63, 3.8) is 0 Å². The van der Waals surface area contributed by atoms with Crippen LogP contribution in [0.3, 0.4) is 0 Å². The number of aliphatic hydroxyl groups is 1. The molecule has 6 atom stereocenters. The van der Waals surface area contributed by atoms with Gasteiger partial charge in [-0.3, -0.25) is 9.48 Å². The lowest BCUT2D eigenvalue weighted by molar-refractivity contribution is -0.130. The molecule has 1 aromatic rings. The van der Waals surface area contributed by atoms with Crippen molar-refractivity contribution in [1.29, 1.82) is 0 Å². The number of carbonyl (C=O) groups excluding carboxylic acids is 1. The largest absolute Gasteiger partial charge is 0.393 e. The first-order valence-corrected chi connectivity index (χ1v) is 11.5. The lowest BCUT2D eigenvalue weighted by atomic mass is 9.48. The van der Waals surface area contributed by atoms with E-state index in [-0.39, 0.29) is 16.9 Å². The lowest BCUT2D eigenvalue weighted by Gasteiger charge is -2.56. The molecule has 1 aromatic heterocycles. The van der Waals surface area contributed by atoms with Gasteiger partial charge in [-0.15, -0.1) is 0 Å². The molecule has 3 fully saturated rings. The van der Waals surface area contributed by atoms with Gasteiger partial charge in [-0.2, -0.15) is 5.10 Å². The summed E-state index contributed by atoms with van der Waals surface area (Å²) in [6.45, 7) is 7.61. The Balaban J connectivity index is 1.46. The fourth-order valence-corrected chi connectivity index (χ4v) is 7.27. The maximum atomic E-state index is 13.5. The van der Waals surface area contributed by atoms with Crippen LogP contribution in [-0.2, 0) is 11.3 Å². The number of Topliss-reactive ketones (excluding diaryl/α,β-unsaturated/α-hetero) is 1. The molecule has 4 aliphatic rings. The molecule has 4 aliphatic carbocycles. The van der Waals surface area contributed by atoms with Crippen molar-refractivity contribution in [2.24, 2.45) is 28.6 Å². The fourth-order valence-electron chi connectivity index (χ4n) is 7.27. The van der Waals surface area contributed by atoms with Gasteiger partial charge in [0, 0.05) is 23.7 Å². The van der Waals surface area contributed by atoms with E-state index in [4.69, 9.17) is 0 Å². The molecular formula is C25H34N2O2. The number of fused-ring (bicyclic) bond motifs is 5. The summed E-state index contributed by atoms with van der Waals surface area (Å²) in [7, 11) is 0. The van der Waals surface area contributed by atoms with Crippen LogP contribution in [0, 0.1) is 28.6 Å². The van der Waals surface area contributed by atoms with E-state index >= 15 is 0 Å². The Morgan fingerprint density at radius 1 is 1.21 bits per heavy atom. The first kappa shape index (κ1) is 19.3. The Kier molecular flexibility index (Phi) is 4.43. The summed E-state index contributed by atoms with van der Waals surface area (Å²) >= 11 is 0. The van der Waals surface area contributed by atoms with Gasteiger partial charge in [-0.05, 0) is 86.7 Å². The first-order chi connectivity index (χ1) is 13.8. The minimum absolute atomic E-state index is 0.161. The van der Waals surface area contributed by atoms with E-state index in [1.165, 1.54) is 5.57 Å². The van der Waals surface area contributed by atoms with Crippen LogP contribution in [0.2, 0.25) is 0 Å². The zero-order valence-electron chi connectivity index (χ0n) is 18.0. The highest BCUT2D eigenvalue weighted by atomic mass is 16.3. The summed E-state index contributed by atoms with van der Waals surface area (Å²) in [4.78, 5) is 13.5. The van der Waals surface area contributed by atoms with Crippen molar-refractivity contribution in [1.82, 2.24) is 9.78 Å². The molecule has 0 spiro atoms. The summed E-state index contributed by atoms with van der Waals surface area (Å²) < 4.78 is 1.92. The van der Waals surface area contributed by atoms with Crippen molar-refractivity contribution in [3.8, 4) is 0 Å². The van der Waals surface area contributed by atoms with Gasteiger partial charge in [-0.1, -0.05) is 25.5 Å². The normalized spacial score (nSPS) is 43.0. The fraction of sp³-hybridized carbons (Fsp3) is 0.680. The van der Waals surface area contributed by atoms with Gasteiger partial charge in [0.1, 0.15) is 0 Å². The minimum atomic E-state index is -0.205. The summed E-state index contributed by atoms with van der Waals surface area (Å²) in [5, 5.41) is 14.5. The number of hydrogen-bond acceptors (Lipinski definition) is 3. The highest BCUT2D eigenvalue weighted by molar-refractivity contribution is 6.05. The second-order valence-electron chi connectivity index (χ2n) is 10.4. The molecule has 0 saturated heterocycles. The van der Waals surface area contributed by atoms with Crippen LogP contribution in [0.15, 0.2) is 29.6 Å². The molecule has 156 valence electrons. The number of aryl methyl sites for hydroxylation is 1. The van der Waals surface area contributed by atoms with Crippen LogP contribution in [0.4, 0.5) is 0 Å². The topological polar surface area (TPSA) is 55.1 Å². The van der Waals surface area contributed by atoms with E-state index in [0.29, 0.717) is 23.5 Å². The number of carbonyl (C=O) groups is 1. The predicted octanol–water partition coefficient (Wildman–Crippen LogP) is 4.79. The van der Waals surface area contributed by atoms with Crippen molar-refractivity contribution < 1.29 is 9.90 Å². The van der Waals surface area contributed by atoms with Crippen molar-refractivity contribution in [2.75, 3.05) is 0 Å². The maximum Gasteiger partial charge on any atom is 0.165 e. The molecule has 0 aromatic carbocycles. The maximum absolute atomic E-state index is 13.5. The van der Waals surface area contributed by atoms with Gasteiger partial charge >= 0.3 is 0 Å². The monoisotopic (exact) mass is 394 g/mol. The number of aromatic nitrogens is 2. The first-order valence-electron chi connectivity index (χ1n) is 11.5. The van der Waals surface area contributed by atoms with E-state index in [1.54, 1.807) is 0 Å². The molecule has 0 amide bonds. The Morgan fingerprint density at radius 3 is 2.76 bits per heavy atom. The van der Waals surface area contributed by atoms with Gasteiger partial charge in [0.05, 0.1) is 12.3 Å². The van der Waals surface area contributed by atoms with Gasteiger partial charge in [0.15, 0.2) is 5.78 Å². The summed E-state index contributed by atoms with van der Waals surface area (Å²) in [5.74, 6) is 2.07. The molecule has 0 radical (unpaired) electrons. The molecular weight excluding hydrogens is 360 g/mol. The van der Waals surface area contributed by atoms with Crippen molar-refractivity contribution in [2.45, 2.75) is 78.4 Å². The molecule has 5 rings (SSSR count). The molecule has 1 N–H and O–H groups in total. The predicted molar refractivity (Wildman–Crippen MR) is 114 cm³/mol. The number of rotatable bonds is 2. The molecule has 0 aliphatic heterocycles. The molecule has 1 heterocycles. The zero-order chi connectivity index (χ0) is 20.4. The Hall–Kier alpha value is -1.68. The van der Waals surface area contributed by atoms with Crippen molar-refractivity contribution >= 4 is 11.9 Å². The van der Waals surface area contributed by atoms with E-state index in [0.717, 1.165) is 62.6 Å². The highest BCUT2D eigenvalue weighted by Crippen LogP contribution is 2.64. The summed E-state index contributed by atoms with van der Waals surface area (Å²) in [5.41, 5.74) is 3.57. The Labute approximate surface area is 174 Å². The van der Waals surface area contributed by atoms with Crippen LogP contribution >= 0.6 is 0 Å². The average Bonchev–Trinajstić information content (AvgIpc) is 3.26. The van der Waals surface area contributed by atoms with Crippen LogP contribution < -0.4 is 0 Å². The smallest absolute Gasteiger partial charge is 0.165 e. The van der Waals surface area contributed by atoms with Gasteiger partial charge < -0.3 is 5.11 Å². The Bertz CT molecular complexity index is 896. The second-order valence-corrected chi connectivity index (χ2v) is 10.4. The van der Waals surface area contributed by atoms with Gasteiger partial charge in [0.25, 0.3) is 0 Å². The molecule has 4 nitrogen and oxygen atoms in total. The van der Waals surface area contributed by atoms with Crippen LogP contribution in [0.25, 0.3) is 6.08 Å². The third-order valence-electron chi connectivity index (χ3n) is 9.04. The number of hydrogen-bond donors (Lipinski definition) is 1. The van der Waals surface area contributed by atoms with Crippen LogP contribution in [-0.4, -0.2) is 26.8 Å². The summed E-state index contributed by atoms with van der Waals surface area (Å²) in [6, 6.07) is 0. The standard InChI is InChI=1S/C25H34N2O2/c1-4-27-15-16(14-26-27)11-17-12-22-20-6-5-18-13-19(28)7-9-24(18,2)21(20)8-10-25(22,3)23(17)29/h5,11,14-15,19-22,28H,4,6-10,12-13H2,1-3H3/b17-11-/t19-,20-,21+,22+,24+,25+/m1/s1. The third-order valence-corrected chi connectivity index (χ3v) is 9.04. The number of nitrogens with zero attached hydrogens (tertiary/aromatic N) is 2. The highest BCUT2D eigenvalue weighted by Gasteiger charge is 2.59. The molecule has 29 heavy (non-hydrogen) atoms. The third kappa shape index (κ3) is 2.82. The zero-order valence-corrected chi connectivity index (χ0v) is 18.0. The average molecular weight is 395 g/mol. The molecule has 0 unspecified atom stereocenters. The minimum Gasteiger partial charge on any atom is -0.393 e. The van der Waals surface area contributed by atoms with Crippen molar-refractivity contribution in [3.05, 3.63) is 35.2 Å². The second kappa shape index (κ2) is 6.66. The molecule has 3 saturated carbocycles. The molecule has 0 bridgehead atoms. The van der Waals surface area contributed by atoms with E-state index in [1.807, 2.05) is 17.1 Å². The summed E-state index contributed by atoms with van der Waals surface area (Å²) in [6.07, 6.45) is 15.3. The number of aliphatic hydroxyl groups excluding tert-OH is 1. The number of allylic oxidation sites excluding steroid dienone is 2.